The highest BCUT2D eigenvalue weighted by atomic mass is 16.5. The Morgan fingerprint density at radius 2 is 1.77 bits per heavy atom. The minimum absolute atomic E-state index is 0.132. The molecule has 2 N–H and O–H groups in total. The maximum absolute atomic E-state index is 11.8. The van der Waals surface area contributed by atoms with Gasteiger partial charge in [-0.2, -0.15) is 4.98 Å². The Morgan fingerprint density at radius 3 is 2.38 bits per heavy atom. The molecule has 142 valence electrons. The molecule has 26 heavy (non-hydrogen) atoms. The molecular weight excluding hydrogens is 336 g/mol. The third kappa shape index (κ3) is 7.38. The van der Waals surface area contributed by atoms with Gasteiger partial charge in [0.1, 0.15) is 17.7 Å². The quantitative estimate of drug-likeness (QED) is 0.643. The highest BCUT2D eigenvalue weighted by Crippen LogP contribution is 2.23. The first-order chi connectivity index (χ1) is 12.6. The van der Waals surface area contributed by atoms with Crippen LogP contribution >= 0.6 is 0 Å². The van der Waals surface area contributed by atoms with E-state index in [1.807, 2.05) is 38.1 Å². The van der Waals surface area contributed by atoms with E-state index in [9.17, 15) is 9.59 Å². The predicted octanol–water partition coefficient (Wildman–Crippen LogP) is 4.35. The Labute approximate surface area is 153 Å². The summed E-state index contributed by atoms with van der Waals surface area (Å²) >= 11 is 0. The van der Waals surface area contributed by atoms with E-state index in [0.29, 0.717) is 31.4 Å². The summed E-state index contributed by atoms with van der Waals surface area (Å²) in [5.41, 5.74) is 1.48. The first-order valence-electron chi connectivity index (χ1n) is 8.70. The number of amides is 1. The third-order valence-corrected chi connectivity index (χ3v) is 3.43. The van der Waals surface area contributed by atoms with Crippen LogP contribution in [-0.4, -0.2) is 29.1 Å². The molecule has 7 nitrogen and oxygen atoms in total. The van der Waals surface area contributed by atoms with Crippen LogP contribution in [0.4, 0.5) is 6.01 Å². The van der Waals surface area contributed by atoms with Crippen molar-refractivity contribution in [2.75, 3.05) is 12.4 Å². The molecule has 1 amide bonds. The number of oxazole rings is 1. The Balaban J connectivity index is 0.00000163. The van der Waals surface area contributed by atoms with Crippen molar-refractivity contribution in [3.05, 3.63) is 30.5 Å². The van der Waals surface area contributed by atoms with E-state index < -0.39 is 5.97 Å². The number of anilines is 1. The number of carbonyl (C=O) groups is 2. The van der Waals surface area contributed by atoms with Gasteiger partial charge in [-0.3, -0.25) is 14.9 Å². The predicted molar refractivity (Wildman–Crippen MR) is 99.2 cm³/mol. The Bertz CT molecular complexity index is 679. The van der Waals surface area contributed by atoms with Crippen molar-refractivity contribution < 1.29 is 23.8 Å². The average Bonchev–Trinajstić information content (AvgIpc) is 3.11. The zero-order valence-corrected chi connectivity index (χ0v) is 15.4. The largest absolute Gasteiger partial charge is 0.497 e. The zero-order chi connectivity index (χ0) is 19.4. The summed E-state index contributed by atoms with van der Waals surface area (Å²) in [6, 6.07) is 7.49. The SMILES string of the molecule is CC.COc1ccc(-c2coc(NC(=O)CCCCCC(=O)O)n2)cc1. The van der Waals surface area contributed by atoms with E-state index in [1.165, 1.54) is 6.26 Å². The maximum Gasteiger partial charge on any atom is 0.303 e. The molecule has 1 aromatic carbocycles. The van der Waals surface area contributed by atoms with Gasteiger partial charge in [-0.05, 0) is 37.1 Å². The number of hydrogen-bond acceptors (Lipinski definition) is 5. The molecule has 1 aromatic heterocycles. The average molecular weight is 362 g/mol. The molecule has 0 spiro atoms. The molecule has 0 unspecified atom stereocenters. The van der Waals surface area contributed by atoms with Gasteiger partial charge < -0.3 is 14.3 Å². The van der Waals surface area contributed by atoms with Crippen molar-refractivity contribution in [1.29, 1.82) is 0 Å². The van der Waals surface area contributed by atoms with Crippen LogP contribution in [0.5, 0.6) is 5.75 Å². The lowest BCUT2D eigenvalue weighted by atomic mass is 10.1. The van der Waals surface area contributed by atoms with E-state index in [0.717, 1.165) is 11.3 Å². The van der Waals surface area contributed by atoms with Crippen LogP contribution in [0.25, 0.3) is 11.3 Å². The van der Waals surface area contributed by atoms with Gasteiger partial charge in [-0.1, -0.05) is 20.3 Å². The van der Waals surface area contributed by atoms with Crippen LogP contribution in [0.1, 0.15) is 46.0 Å². The number of aliphatic carboxylic acids is 1. The molecular formula is C19H26N2O5. The van der Waals surface area contributed by atoms with Gasteiger partial charge in [0.15, 0.2) is 0 Å². The lowest BCUT2D eigenvalue weighted by Crippen LogP contribution is -2.11. The summed E-state index contributed by atoms with van der Waals surface area (Å²) in [7, 11) is 1.60. The molecule has 7 heteroatoms. The highest BCUT2D eigenvalue weighted by molar-refractivity contribution is 5.88. The van der Waals surface area contributed by atoms with Crippen molar-refractivity contribution in [2.45, 2.75) is 46.0 Å². The Hall–Kier alpha value is -2.83. The Kier molecular flexibility index (Phi) is 9.53. The summed E-state index contributed by atoms with van der Waals surface area (Å²) in [5, 5.41) is 11.1. The van der Waals surface area contributed by atoms with E-state index in [2.05, 4.69) is 10.3 Å². The van der Waals surface area contributed by atoms with E-state index >= 15 is 0 Å². The molecule has 0 saturated carbocycles. The normalized spacial score (nSPS) is 9.81. The number of nitrogens with zero attached hydrogens (tertiary/aromatic N) is 1. The fourth-order valence-corrected chi connectivity index (χ4v) is 2.15. The number of ether oxygens (including phenoxy) is 1. The summed E-state index contributed by atoms with van der Waals surface area (Å²) in [5.74, 6) is -0.266. The number of hydrogen-bond donors (Lipinski definition) is 2. The molecule has 0 bridgehead atoms. The van der Waals surface area contributed by atoms with Crippen LogP contribution in [-0.2, 0) is 9.59 Å². The van der Waals surface area contributed by atoms with Crippen molar-refractivity contribution >= 4 is 17.9 Å². The number of rotatable bonds is 9. The molecule has 0 aliphatic heterocycles. The van der Waals surface area contributed by atoms with Crippen LogP contribution < -0.4 is 10.1 Å². The fraction of sp³-hybridized carbons (Fsp3) is 0.421. The van der Waals surface area contributed by atoms with Crippen molar-refractivity contribution in [1.82, 2.24) is 4.98 Å². The van der Waals surface area contributed by atoms with Crippen LogP contribution in [0, 0.1) is 0 Å². The summed E-state index contributed by atoms with van der Waals surface area (Å²) < 4.78 is 10.4. The standard InChI is InChI=1S/C17H20N2O5.C2H6/c1-23-13-9-7-12(8-10-13)14-11-24-17(18-14)19-15(20)5-3-2-4-6-16(21)22;1-2/h7-11H,2-6H2,1H3,(H,21,22)(H,18,19,20);1-2H3. The van der Waals surface area contributed by atoms with Crippen LogP contribution in [0.2, 0.25) is 0 Å². The monoisotopic (exact) mass is 362 g/mol. The van der Waals surface area contributed by atoms with Gasteiger partial charge in [0.2, 0.25) is 5.91 Å². The van der Waals surface area contributed by atoms with Gasteiger partial charge >= 0.3 is 12.0 Å². The third-order valence-electron chi connectivity index (χ3n) is 3.43. The van der Waals surface area contributed by atoms with Gasteiger partial charge in [0, 0.05) is 18.4 Å². The summed E-state index contributed by atoms with van der Waals surface area (Å²) in [6.45, 7) is 4.00. The molecule has 0 atom stereocenters. The minimum Gasteiger partial charge on any atom is -0.497 e. The molecule has 0 saturated heterocycles. The van der Waals surface area contributed by atoms with Crippen molar-refractivity contribution in [2.24, 2.45) is 0 Å². The molecule has 2 aromatic rings. The molecule has 0 fully saturated rings. The fourth-order valence-electron chi connectivity index (χ4n) is 2.15. The number of methoxy groups -OCH3 is 1. The number of carboxylic acids is 1. The first-order valence-corrected chi connectivity index (χ1v) is 8.70. The second-order valence-corrected chi connectivity index (χ2v) is 5.27. The van der Waals surface area contributed by atoms with Crippen LogP contribution in [0.3, 0.4) is 0 Å². The van der Waals surface area contributed by atoms with Crippen LogP contribution in [0.15, 0.2) is 34.9 Å². The Morgan fingerprint density at radius 1 is 1.12 bits per heavy atom. The number of carbonyl (C=O) groups excluding carboxylic acids is 1. The highest BCUT2D eigenvalue weighted by Gasteiger charge is 2.10. The number of aromatic nitrogens is 1. The van der Waals surface area contributed by atoms with Gasteiger partial charge in [0.05, 0.1) is 7.11 Å². The molecule has 1 heterocycles. The topological polar surface area (TPSA) is 102 Å². The van der Waals surface area contributed by atoms with E-state index in [1.54, 1.807) is 7.11 Å². The number of benzene rings is 1. The molecule has 0 radical (unpaired) electrons. The summed E-state index contributed by atoms with van der Waals surface area (Å²) in [6.07, 6.45) is 3.81. The lowest BCUT2D eigenvalue weighted by Gasteiger charge is -2.01. The molecule has 0 aliphatic rings. The zero-order valence-electron chi connectivity index (χ0n) is 15.4. The number of unbranched alkanes of at least 4 members (excludes halogenated alkanes) is 2. The van der Waals surface area contributed by atoms with Crippen molar-refractivity contribution in [3.63, 3.8) is 0 Å². The van der Waals surface area contributed by atoms with Gasteiger partial charge in [-0.25, -0.2) is 0 Å². The number of carboxylic acid groups (broad SMARTS) is 1. The van der Waals surface area contributed by atoms with Crippen molar-refractivity contribution in [3.8, 4) is 17.0 Å². The second-order valence-electron chi connectivity index (χ2n) is 5.27. The van der Waals surface area contributed by atoms with E-state index in [-0.39, 0.29) is 18.3 Å². The maximum atomic E-state index is 11.8. The smallest absolute Gasteiger partial charge is 0.303 e. The second kappa shape index (κ2) is 11.7. The van der Waals surface area contributed by atoms with Gasteiger partial charge in [-0.15, -0.1) is 0 Å². The van der Waals surface area contributed by atoms with Gasteiger partial charge in [0.25, 0.3) is 0 Å². The first kappa shape index (κ1) is 21.2. The molecule has 0 aliphatic carbocycles. The number of nitrogens with one attached hydrogen (secondary N) is 1. The van der Waals surface area contributed by atoms with E-state index in [4.69, 9.17) is 14.3 Å². The minimum atomic E-state index is -0.815. The summed E-state index contributed by atoms with van der Waals surface area (Å²) in [4.78, 5) is 26.4. The molecule has 2 rings (SSSR count). The lowest BCUT2D eigenvalue weighted by molar-refractivity contribution is -0.137.